The molecule has 2 amide bonds. The molecule has 1 aromatic heterocycles. The number of aliphatic carboxylic acids is 1. The summed E-state index contributed by atoms with van der Waals surface area (Å²) in [4.78, 5) is 54.9. The average Bonchev–Trinajstić information content (AvgIpc) is 2.80. The highest BCUT2D eigenvalue weighted by Crippen LogP contribution is 2.25. The summed E-state index contributed by atoms with van der Waals surface area (Å²) in [5.74, 6) is -2.39. The standard InChI is InChI=1S/C22H18Cl2N4O6/c1-34-13-7-5-11(6-8-13)19(29)26-16(21(31)32)9-12-10-25-22(33)28-18(12)27-20(30)17-14(23)3-2-4-15(17)24/h2-8,10,16H,9H2,1H3,(H,26,29)(H,31,32)(H2,25,27,28,30,33). The molecule has 0 aliphatic carbocycles. The van der Waals surface area contributed by atoms with E-state index >= 15 is 0 Å². The van der Waals surface area contributed by atoms with E-state index in [1.54, 1.807) is 18.2 Å². The van der Waals surface area contributed by atoms with Crippen molar-refractivity contribution in [2.75, 3.05) is 12.4 Å². The van der Waals surface area contributed by atoms with Crippen molar-refractivity contribution >= 4 is 46.8 Å². The van der Waals surface area contributed by atoms with Crippen LogP contribution in [-0.4, -0.2) is 46.0 Å². The first-order valence-electron chi connectivity index (χ1n) is 9.71. The minimum absolute atomic E-state index is 0.0403. The van der Waals surface area contributed by atoms with Crippen molar-refractivity contribution in [1.82, 2.24) is 15.3 Å². The number of amides is 2. The third-order valence-electron chi connectivity index (χ3n) is 4.69. The van der Waals surface area contributed by atoms with Crippen LogP contribution in [0.2, 0.25) is 10.0 Å². The van der Waals surface area contributed by atoms with E-state index in [4.69, 9.17) is 27.9 Å². The summed E-state index contributed by atoms with van der Waals surface area (Å²) >= 11 is 12.1. The van der Waals surface area contributed by atoms with E-state index < -0.39 is 29.5 Å². The van der Waals surface area contributed by atoms with Gasteiger partial charge in [-0.25, -0.2) is 9.59 Å². The largest absolute Gasteiger partial charge is 0.497 e. The number of methoxy groups -OCH3 is 1. The Hall–Kier alpha value is -3.89. The molecule has 0 fully saturated rings. The molecule has 0 bridgehead atoms. The number of halogens is 2. The smallest absolute Gasteiger partial charge is 0.346 e. The van der Waals surface area contributed by atoms with Gasteiger partial charge in [-0.3, -0.25) is 9.59 Å². The van der Waals surface area contributed by atoms with Crippen molar-refractivity contribution in [3.05, 3.63) is 85.9 Å². The van der Waals surface area contributed by atoms with E-state index in [2.05, 4.69) is 20.6 Å². The van der Waals surface area contributed by atoms with Gasteiger partial charge in [-0.1, -0.05) is 29.3 Å². The molecule has 1 heterocycles. The molecule has 0 spiro atoms. The van der Waals surface area contributed by atoms with Crippen molar-refractivity contribution in [3.8, 4) is 5.75 Å². The van der Waals surface area contributed by atoms with Gasteiger partial charge in [0.15, 0.2) is 0 Å². The molecular weight excluding hydrogens is 487 g/mol. The van der Waals surface area contributed by atoms with Crippen LogP contribution in [0.3, 0.4) is 0 Å². The van der Waals surface area contributed by atoms with E-state index in [0.29, 0.717) is 5.75 Å². The van der Waals surface area contributed by atoms with Gasteiger partial charge in [0.1, 0.15) is 17.6 Å². The molecule has 34 heavy (non-hydrogen) atoms. The Bertz CT molecular complexity index is 1270. The van der Waals surface area contributed by atoms with Gasteiger partial charge < -0.3 is 25.5 Å². The minimum atomic E-state index is -1.40. The molecule has 0 aliphatic rings. The molecule has 10 nitrogen and oxygen atoms in total. The number of aromatic amines is 1. The molecule has 12 heteroatoms. The van der Waals surface area contributed by atoms with E-state index in [9.17, 15) is 24.3 Å². The maximum Gasteiger partial charge on any atom is 0.346 e. The Kier molecular flexibility index (Phi) is 7.87. The molecule has 2 aromatic carbocycles. The number of ether oxygens (including phenoxy) is 1. The first kappa shape index (κ1) is 24.7. The Morgan fingerprint density at radius 2 is 1.74 bits per heavy atom. The second kappa shape index (κ2) is 10.8. The fourth-order valence-corrected chi connectivity index (χ4v) is 3.54. The average molecular weight is 505 g/mol. The molecular formula is C22H18Cl2N4O6. The van der Waals surface area contributed by atoms with E-state index in [1.807, 2.05) is 0 Å². The fourth-order valence-electron chi connectivity index (χ4n) is 2.98. The Morgan fingerprint density at radius 3 is 2.32 bits per heavy atom. The van der Waals surface area contributed by atoms with Crippen molar-refractivity contribution in [2.24, 2.45) is 0 Å². The molecule has 3 rings (SSSR count). The van der Waals surface area contributed by atoms with Gasteiger partial charge >= 0.3 is 11.7 Å². The number of carboxylic acid groups (broad SMARTS) is 1. The Morgan fingerprint density at radius 1 is 1.09 bits per heavy atom. The van der Waals surface area contributed by atoms with Gasteiger partial charge in [-0.2, -0.15) is 4.98 Å². The number of carbonyl (C=O) groups excluding carboxylic acids is 2. The number of benzene rings is 2. The molecule has 1 atom stereocenters. The number of hydrogen-bond donors (Lipinski definition) is 4. The first-order chi connectivity index (χ1) is 16.2. The van der Waals surface area contributed by atoms with Crippen LogP contribution < -0.4 is 21.1 Å². The SMILES string of the molecule is COc1ccc(C(=O)NC(Cc2c[nH]c(=O)nc2NC(=O)c2c(Cl)cccc2Cl)C(=O)O)cc1. The van der Waals surface area contributed by atoms with Gasteiger partial charge in [0.2, 0.25) is 0 Å². The second-order valence-electron chi connectivity index (χ2n) is 6.93. The summed E-state index contributed by atoms with van der Waals surface area (Å²) in [6.45, 7) is 0. The van der Waals surface area contributed by atoms with Crippen LogP contribution in [0, 0.1) is 0 Å². The Labute approximate surface area is 202 Å². The van der Waals surface area contributed by atoms with Gasteiger partial charge in [-0.05, 0) is 36.4 Å². The number of H-pyrrole nitrogens is 1. The van der Waals surface area contributed by atoms with Crippen molar-refractivity contribution in [2.45, 2.75) is 12.5 Å². The van der Waals surface area contributed by atoms with E-state index in [-0.39, 0.29) is 39.0 Å². The zero-order valence-corrected chi connectivity index (χ0v) is 19.1. The van der Waals surface area contributed by atoms with Crippen LogP contribution in [0.4, 0.5) is 5.82 Å². The molecule has 0 saturated carbocycles. The van der Waals surface area contributed by atoms with Gasteiger partial charge in [0.25, 0.3) is 11.8 Å². The molecule has 3 aromatic rings. The highest BCUT2D eigenvalue weighted by molar-refractivity contribution is 6.40. The van der Waals surface area contributed by atoms with Crippen LogP contribution >= 0.6 is 23.2 Å². The van der Waals surface area contributed by atoms with Crippen molar-refractivity contribution in [1.29, 1.82) is 0 Å². The predicted octanol–water partition coefficient (Wildman–Crippen LogP) is 2.76. The lowest BCUT2D eigenvalue weighted by Gasteiger charge is -2.17. The minimum Gasteiger partial charge on any atom is -0.497 e. The number of carboxylic acids is 1. The van der Waals surface area contributed by atoms with Crippen LogP contribution in [0.5, 0.6) is 5.75 Å². The fraction of sp³-hybridized carbons (Fsp3) is 0.136. The molecule has 0 aliphatic heterocycles. The number of nitrogens with one attached hydrogen (secondary N) is 3. The Balaban J connectivity index is 1.84. The zero-order valence-electron chi connectivity index (χ0n) is 17.6. The number of nitrogens with zero attached hydrogens (tertiary/aromatic N) is 1. The van der Waals surface area contributed by atoms with Crippen molar-refractivity contribution < 1.29 is 24.2 Å². The summed E-state index contributed by atoms with van der Waals surface area (Å²) in [6, 6.07) is 9.16. The summed E-state index contributed by atoms with van der Waals surface area (Å²) in [7, 11) is 1.48. The van der Waals surface area contributed by atoms with Gasteiger partial charge in [-0.15, -0.1) is 0 Å². The summed E-state index contributed by atoms with van der Waals surface area (Å²) < 4.78 is 5.04. The monoisotopic (exact) mass is 504 g/mol. The van der Waals surface area contributed by atoms with Crippen molar-refractivity contribution in [3.63, 3.8) is 0 Å². The van der Waals surface area contributed by atoms with Crippen LogP contribution in [0.15, 0.2) is 53.5 Å². The summed E-state index contributed by atoms with van der Waals surface area (Å²) in [5, 5.41) is 14.6. The highest BCUT2D eigenvalue weighted by atomic mass is 35.5. The van der Waals surface area contributed by atoms with E-state index in [1.165, 1.54) is 37.6 Å². The third-order valence-corrected chi connectivity index (χ3v) is 5.32. The molecule has 1 unspecified atom stereocenters. The topological polar surface area (TPSA) is 150 Å². The van der Waals surface area contributed by atoms with E-state index in [0.717, 1.165) is 0 Å². The number of aromatic nitrogens is 2. The second-order valence-corrected chi connectivity index (χ2v) is 7.74. The van der Waals surface area contributed by atoms with Crippen LogP contribution in [-0.2, 0) is 11.2 Å². The molecule has 176 valence electrons. The number of carbonyl (C=O) groups is 3. The van der Waals surface area contributed by atoms with Gasteiger partial charge in [0.05, 0.1) is 22.7 Å². The number of rotatable bonds is 8. The normalized spacial score (nSPS) is 11.4. The third kappa shape index (κ3) is 5.91. The molecule has 4 N–H and O–H groups in total. The van der Waals surface area contributed by atoms with Crippen LogP contribution in [0.25, 0.3) is 0 Å². The maximum absolute atomic E-state index is 12.7. The van der Waals surface area contributed by atoms with Gasteiger partial charge in [0, 0.05) is 23.7 Å². The number of anilines is 1. The zero-order chi connectivity index (χ0) is 24.8. The highest BCUT2D eigenvalue weighted by Gasteiger charge is 2.24. The molecule has 0 radical (unpaired) electrons. The quantitative estimate of drug-likeness (QED) is 0.368. The predicted molar refractivity (Wildman–Crippen MR) is 125 cm³/mol. The lowest BCUT2D eigenvalue weighted by molar-refractivity contribution is -0.139. The number of hydrogen-bond acceptors (Lipinski definition) is 6. The lowest BCUT2D eigenvalue weighted by Crippen LogP contribution is -2.42. The summed E-state index contributed by atoms with van der Waals surface area (Å²) in [6.07, 6.45) is 0.904. The lowest BCUT2D eigenvalue weighted by atomic mass is 10.1. The van der Waals surface area contributed by atoms with Crippen LogP contribution in [0.1, 0.15) is 26.3 Å². The maximum atomic E-state index is 12.7. The first-order valence-corrected chi connectivity index (χ1v) is 10.5. The summed E-state index contributed by atoms with van der Waals surface area (Å²) in [5.41, 5.74) is -0.452. The molecule has 0 saturated heterocycles.